The van der Waals surface area contributed by atoms with E-state index in [1.807, 2.05) is 37.3 Å². The molecular weight excluding hydrogens is 215 g/mol. The maximum absolute atomic E-state index is 13.3. The van der Waals surface area contributed by atoms with Crippen molar-refractivity contribution in [3.8, 4) is 17.2 Å². The molecule has 0 heterocycles. The van der Waals surface area contributed by atoms with Crippen molar-refractivity contribution in [2.75, 3.05) is 5.73 Å². The molecule has 0 aromatic heterocycles. The van der Waals surface area contributed by atoms with Gasteiger partial charge in [-0.25, -0.2) is 4.39 Å². The van der Waals surface area contributed by atoms with Crippen molar-refractivity contribution in [1.82, 2.24) is 0 Å². The molecular formula is C14H11FN2. The first-order valence-electron chi connectivity index (χ1n) is 5.18. The monoisotopic (exact) mass is 226 g/mol. The molecule has 17 heavy (non-hydrogen) atoms. The molecule has 2 N–H and O–H groups in total. The first-order valence-corrected chi connectivity index (χ1v) is 5.18. The van der Waals surface area contributed by atoms with Crippen LogP contribution in [0, 0.1) is 24.1 Å². The third-order valence-electron chi connectivity index (χ3n) is 2.62. The normalized spacial score (nSPS) is 9.94. The number of benzene rings is 2. The molecule has 2 aromatic rings. The summed E-state index contributed by atoms with van der Waals surface area (Å²) in [5.41, 5.74) is 8.81. The number of nitriles is 1. The number of aryl methyl sites for hydroxylation is 1. The summed E-state index contributed by atoms with van der Waals surface area (Å²) in [7, 11) is 0. The predicted octanol–water partition coefficient (Wildman–Crippen LogP) is 3.26. The van der Waals surface area contributed by atoms with Crippen LogP contribution in [0.4, 0.5) is 10.1 Å². The van der Waals surface area contributed by atoms with Crippen LogP contribution >= 0.6 is 0 Å². The first-order chi connectivity index (χ1) is 8.11. The number of nitrogens with two attached hydrogens (primary N) is 1. The SMILES string of the molecule is Cc1ccc(-c2cc(C#N)c(F)cc2N)cc1. The number of hydrogen-bond acceptors (Lipinski definition) is 2. The Morgan fingerprint density at radius 1 is 1.18 bits per heavy atom. The van der Waals surface area contributed by atoms with Gasteiger partial charge in [0.1, 0.15) is 11.9 Å². The molecule has 0 radical (unpaired) electrons. The van der Waals surface area contributed by atoms with E-state index in [1.165, 1.54) is 12.1 Å². The summed E-state index contributed by atoms with van der Waals surface area (Å²) in [5.74, 6) is -0.583. The fraction of sp³-hybridized carbons (Fsp3) is 0.0714. The van der Waals surface area contributed by atoms with Gasteiger partial charge in [-0.05, 0) is 24.6 Å². The topological polar surface area (TPSA) is 49.8 Å². The van der Waals surface area contributed by atoms with Crippen molar-refractivity contribution >= 4 is 5.69 Å². The minimum absolute atomic E-state index is 0.00905. The highest BCUT2D eigenvalue weighted by atomic mass is 19.1. The van der Waals surface area contributed by atoms with Gasteiger partial charge < -0.3 is 5.73 Å². The quantitative estimate of drug-likeness (QED) is 0.759. The first kappa shape index (κ1) is 11.2. The molecule has 0 amide bonds. The molecule has 2 rings (SSSR count). The molecule has 2 aromatic carbocycles. The van der Waals surface area contributed by atoms with E-state index < -0.39 is 5.82 Å². The molecule has 2 nitrogen and oxygen atoms in total. The highest BCUT2D eigenvalue weighted by Gasteiger charge is 2.09. The molecule has 0 fully saturated rings. The van der Waals surface area contributed by atoms with E-state index in [4.69, 9.17) is 11.0 Å². The maximum Gasteiger partial charge on any atom is 0.143 e. The summed E-state index contributed by atoms with van der Waals surface area (Å²) in [6, 6.07) is 12.2. The third kappa shape index (κ3) is 2.11. The molecule has 0 saturated heterocycles. The van der Waals surface area contributed by atoms with Gasteiger partial charge >= 0.3 is 0 Å². The van der Waals surface area contributed by atoms with Crippen LogP contribution in [0.1, 0.15) is 11.1 Å². The van der Waals surface area contributed by atoms with Crippen molar-refractivity contribution in [2.24, 2.45) is 0 Å². The molecule has 0 spiro atoms. The Hall–Kier alpha value is -2.34. The van der Waals surface area contributed by atoms with Crippen LogP contribution in [0.2, 0.25) is 0 Å². The molecule has 0 bridgehead atoms. The van der Waals surface area contributed by atoms with Crippen molar-refractivity contribution in [3.05, 3.63) is 53.3 Å². The lowest BCUT2D eigenvalue weighted by atomic mass is 10.00. The second kappa shape index (κ2) is 4.26. The molecule has 0 unspecified atom stereocenters. The maximum atomic E-state index is 13.3. The van der Waals surface area contributed by atoms with Crippen LogP contribution in [-0.4, -0.2) is 0 Å². The van der Waals surface area contributed by atoms with Gasteiger partial charge in [-0.2, -0.15) is 5.26 Å². The third-order valence-corrected chi connectivity index (χ3v) is 2.62. The summed E-state index contributed by atoms with van der Waals surface area (Å²) in [6.45, 7) is 1.98. The van der Waals surface area contributed by atoms with Crippen molar-refractivity contribution in [3.63, 3.8) is 0 Å². The molecule has 0 aliphatic rings. The Bertz CT molecular complexity index is 595. The number of nitrogens with zero attached hydrogens (tertiary/aromatic N) is 1. The smallest absolute Gasteiger partial charge is 0.143 e. The fourth-order valence-electron chi connectivity index (χ4n) is 1.66. The standard InChI is InChI=1S/C14H11FN2/c1-9-2-4-10(5-3-9)12-6-11(8-16)13(15)7-14(12)17/h2-7H,17H2,1H3. The Morgan fingerprint density at radius 2 is 1.82 bits per heavy atom. The molecule has 3 heteroatoms. The van der Waals surface area contributed by atoms with E-state index in [-0.39, 0.29) is 5.56 Å². The Balaban J connectivity index is 2.60. The summed E-state index contributed by atoms with van der Waals surface area (Å²) >= 11 is 0. The Morgan fingerprint density at radius 3 is 2.41 bits per heavy atom. The van der Waals surface area contributed by atoms with Crippen LogP contribution in [0.25, 0.3) is 11.1 Å². The number of rotatable bonds is 1. The van der Waals surface area contributed by atoms with Crippen molar-refractivity contribution in [1.29, 1.82) is 5.26 Å². The van der Waals surface area contributed by atoms with Gasteiger partial charge in [0, 0.05) is 11.3 Å². The number of hydrogen-bond donors (Lipinski definition) is 1. The van der Waals surface area contributed by atoms with Crippen LogP contribution < -0.4 is 5.73 Å². The predicted molar refractivity (Wildman–Crippen MR) is 65.7 cm³/mol. The van der Waals surface area contributed by atoms with E-state index in [9.17, 15) is 4.39 Å². The second-order valence-electron chi connectivity index (χ2n) is 3.90. The fourth-order valence-corrected chi connectivity index (χ4v) is 1.66. The lowest BCUT2D eigenvalue weighted by molar-refractivity contribution is 0.625. The van der Waals surface area contributed by atoms with Gasteiger partial charge in [0.15, 0.2) is 0 Å². The van der Waals surface area contributed by atoms with E-state index in [2.05, 4.69) is 0 Å². The van der Waals surface area contributed by atoms with E-state index in [0.29, 0.717) is 11.3 Å². The largest absolute Gasteiger partial charge is 0.398 e. The van der Waals surface area contributed by atoms with Gasteiger partial charge in [-0.15, -0.1) is 0 Å². The van der Waals surface area contributed by atoms with Crippen LogP contribution in [-0.2, 0) is 0 Å². The zero-order valence-electron chi connectivity index (χ0n) is 9.37. The minimum Gasteiger partial charge on any atom is -0.398 e. The van der Waals surface area contributed by atoms with Gasteiger partial charge in [0.25, 0.3) is 0 Å². The molecule has 0 atom stereocenters. The van der Waals surface area contributed by atoms with Gasteiger partial charge in [-0.3, -0.25) is 0 Å². The summed E-state index contributed by atoms with van der Waals surface area (Å²) in [5, 5.41) is 8.79. The zero-order chi connectivity index (χ0) is 12.4. The van der Waals surface area contributed by atoms with Crippen LogP contribution in [0.3, 0.4) is 0 Å². The highest BCUT2D eigenvalue weighted by molar-refractivity contribution is 5.77. The highest BCUT2D eigenvalue weighted by Crippen LogP contribution is 2.28. The number of halogens is 1. The Labute approximate surface area is 99.1 Å². The second-order valence-corrected chi connectivity index (χ2v) is 3.90. The molecule has 0 saturated carbocycles. The average molecular weight is 226 g/mol. The Kier molecular flexibility index (Phi) is 2.80. The van der Waals surface area contributed by atoms with Crippen molar-refractivity contribution < 1.29 is 4.39 Å². The van der Waals surface area contributed by atoms with E-state index >= 15 is 0 Å². The zero-order valence-corrected chi connectivity index (χ0v) is 9.37. The molecule has 0 aliphatic carbocycles. The molecule has 0 aliphatic heterocycles. The lowest BCUT2D eigenvalue weighted by Crippen LogP contribution is -1.94. The lowest BCUT2D eigenvalue weighted by Gasteiger charge is -2.07. The van der Waals surface area contributed by atoms with E-state index in [0.717, 1.165) is 11.1 Å². The van der Waals surface area contributed by atoms with Gasteiger partial charge in [0.05, 0.1) is 5.56 Å². The summed E-state index contributed by atoms with van der Waals surface area (Å²) < 4.78 is 13.3. The van der Waals surface area contributed by atoms with E-state index in [1.54, 1.807) is 0 Å². The summed E-state index contributed by atoms with van der Waals surface area (Å²) in [4.78, 5) is 0. The molecule has 84 valence electrons. The van der Waals surface area contributed by atoms with Crippen molar-refractivity contribution in [2.45, 2.75) is 6.92 Å². The number of nitrogen functional groups attached to an aromatic ring is 1. The number of anilines is 1. The van der Waals surface area contributed by atoms with Gasteiger partial charge in [-0.1, -0.05) is 29.8 Å². The van der Waals surface area contributed by atoms with Gasteiger partial charge in [0.2, 0.25) is 0 Å². The minimum atomic E-state index is -0.583. The van der Waals surface area contributed by atoms with Crippen LogP contribution in [0.15, 0.2) is 36.4 Å². The van der Waals surface area contributed by atoms with Crippen LogP contribution in [0.5, 0.6) is 0 Å². The average Bonchev–Trinajstić information content (AvgIpc) is 2.31. The summed E-state index contributed by atoms with van der Waals surface area (Å²) in [6.07, 6.45) is 0.